The molecule has 3 heteroatoms. The van der Waals surface area contributed by atoms with Crippen molar-refractivity contribution in [3.8, 4) is 0 Å². The van der Waals surface area contributed by atoms with Crippen LogP contribution in [0.2, 0.25) is 0 Å². The Balaban J connectivity index is 2.59. The molecule has 0 saturated carbocycles. The molecule has 16 heavy (non-hydrogen) atoms. The first-order chi connectivity index (χ1) is 7.63. The maximum absolute atomic E-state index is 10.9. The molecule has 3 nitrogen and oxygen atoms in total. The number of carbonyl (C=O) groups excluding carboxylic acids is 1. The van der Waals surface area contributed by atoms with Crippen LogP contribution < -0.4 is 10.2 Å². The van der Waals surface area contributed by atoms with Gasteiger partial charge in [-0.2, -0.15) is 0 Å². The maximum atomic E-state index is 10.9. The molecule has 1 amide bonds. The summed E-state index contributed by atoms with van der Waals surface area (Å²) in [6.07, 6.45) is 2.40. The third kappa shape index (κ3) is 3.93. The lowest BCUT2D eigenvalue weighted by molar-refractivity contribution is -0.114. The van der Waals surface area contributed by atoms with Gasteiger partial charge >= 0.3 is 0 Å². The van der Waals surface area contributed by atoms with Gasteiger partial charge in [-0.05, 0) is 30.7 Å². The van der Waals surface area contributed by atoms with Crippen molar-refractivity contribution >= 4 is 17.3 Å². The van der Waals surface area contributed by atoms with Crippen molar-refractivity contribution in [3.63, 3.8) is 0 Å². The van der Waals surface area contributed by atoms with Gasteiger partial charge in [-0.3, -0.25) is 4.79 Å². The number of rotatable bonds is 5. The van der Waals surface area contributed by atoms with E-state index in [1.54, 1.807) is 0 Å². The summed E-state index contributed by atoms with van der Waals surface area (Å²) in [5, 5.41) is 2.76. The van der Waals surface area contributed by atoms with Crippen molar-refractivity contribution in [1.29, 1.82) is 0 Å². The van der Waals surface area contributed by atoms with Crippen LogP contribution in [0.3, 0.4) is 0 Å². The fraction of sp³-hybridized carbons (Fsp3) is 0.462. The van der Waals surface area contributed by atoms with Crippen LogP contribution in [0.5, 0.6) is 0 Å². The molecule has 0 aliphatic rings. The van der Waals surface area contributed by atoms with E-state index in [2.05, 4.69) is 24.2 Å². The molecule has 0 unspecified atom stereocenters. The van der Waals surface area contributed by atoms with E-state index in [1.807, 2.05) is 24.3 Å². The molecule has 1 aromatic rings. The lowest BCUT2D eigenvalue weighted by Gasteiger charge is -2.19. The lowest BCUT2D eigenvalue weighted by atomic mass is 10.2. The number of unbranched alkanes of at least 4 members (excludes halogenated alkanes) is 1. The van der Waals surface area contributed by atoms with Gasteiger partial charge in [0.15, 0.2) is 0 Å². The molecule has 1 N–H and O–H groups in total. The molecule has 1 aromatic carbocycles. The Kier molecular flexibility index (Phi) is 4.83. The highest BCUT2D eigenvalue weighted by Gasteiger charge is 2.00. The summed E-state index contributed by atoms with van der Waals surface area (Å²) < 4.78 is 0. The molecular formula is C13H20N2O. The van der Waals surface area contributed by atoms with E-state index in [1.165, 1.54) is 25.5 Å². The largest absolute Gasteiger partial charge is 0.375 e. The Morgan fingerprint density at radius 3 is 2.44 bits per heavy atom. The Bertz CT molecular complexity index is 332. The Labute approximate surface area is 97.5 Å². The lowest BCUT2D eigenvalue weighted by Crippen LogP contribution is -2.18. The number of nitrogens with one attached hydrogen (secondary N) is 1. The molecule has 0 bridgehead atoms. The van der Waals surface area contributed by atoms with E-state index in [4.69, 9.17) is 0 Å². The molecule has 0 spiro atoms. The van der Waals surface area contributed by atoms with Crippen molar-refractivity contribution < 1.29 is 4.79 Å². The van der Waals surface area contributed by atoms with Gasteiger partial charge in [0.25, 0.3) is 0 Å². The Hall–Kier alpha value is -1.51. The van der Waals surface area contributed by atoms with Crippen LogP contribution in [0, 0.1) is 0 Å². The van der Waals surface area contributed by atoms with Gasteiger partial charge in [0.1, 0.15) is 0 Å². The zero-order valence-corrected chi connectivity index (χ0v) is 10.3. The average Bonchev–Trinajstić information content (AvgIpc) is 2.26. The molecule has 1 rings (SSSR count). The molecule has 0 atom stereocenters. The van der Waals surface area contributed by atoms with Gasteiger partial charge in [0.05, 0.1) is 0 Å². The molecule has 0 aliphatic carbocycles. The van der Waals surface area contributed by atoms with Crippen molar-refractivity contribution in [1.82, 2.24) is 0 Å². The monoisotopic (exact) mass is 220 g/mol. The van der Waals surface area contributed by atoms with Gasteiger partial charge in [-0.25, -0.2) is 0 Å². The summed E-state index contributed by atoms with van der Waals surface area (Å²) in [6.45, 7) is 4.77. The van der Waals surface area contributed by atoms with Crippen molar-refractivity contribution in [3.05, 3.63) is 24.3 Å². The summed E-state index contributed by atoms with van der Waals surface area (Å²) in [5.74, 6) is -0.0351. The number of hydrogen-bond donors (Lipinski definition) is 1. The van der Waals surface area contributed by atoms with Crippen LogP contribution in [-0.2, 0) is 4.79 Å². The van der Waals surface area contributed by atoms with E-state index in [9.17, 15) is 4.79 Å². The molecular weight excluding hydrogens is 200 g/mol. The molecule has 0 heterocycles. The summed E-state index contributed by atoms with van der Waals surface area (Å²) in [4.78, 5) is 13.1. The molecule has 0 fully saturated rings. The normalized spacial score (nSPS) is 9.94. The fourth-order valence-electron chi connectivity index (χ4n) is 1.53. The molecule has 0 aliphatic heterocycles. The highest BCUT2D eigenvalue weighted by Crippen LogP contribution is 2.17. The minimum atomic E-state index is -0.0351. The number of hydrogen-bond acceptors (Lipinski definition) is 2. The van der Waals surface area contributed by atoms with Crippen LogP contribution in [0.25, 0.3) is 0 Å². The van der Waals surface area contributed by atoms with Crippen molar-refractivity contribution in [2.75, 3.05) is 23.8 Å². The molecule has 0 saturated heterocycles. The summed E-state index contributed by atoms with van der Waals surface area (Å²) in [5.41, 5.74) is 2.03. The van der Waals surface area contributed by atoms with Gasteiger partial charge < -0.3 is 10.2 Å². The standard InChI is InChI=1S/C13H20N2O/c1-4-5-10-15(3)13-8-6-12(7-9-13)14-11(2)16/h6-9H,4-5,10H2,1-3H3,(H,14,16). The third-order valence-electron chi connectivity index (χ3n) is 2.48. The van der Waals surface area contributed by atoms with Gasteiger partial charge in [-0.1, -0.05) is 13.3 Å². The first-order valence-electron chi connectivity index (χ1n) is 5.72. The van der Waals surface area contributed by atoms with Crippen LogP contribution in [-0.4, -0.2) is 19.5 Å². The third-order valence-corrected chi connectivity index (χ3v) is 2.48. The number of nitrogens with zero attached hydrogens (tertiary/aromatic N) is 1. The van der Waals surface area contributed by atoms with Crippen LogP contribution in [0.4, 0.5) is 11.4 Å². The molecule has 0 aromatic heterocycles. The SMILES string of the molecule is CCCCN(C)c1ccc(NC(C)=O)cc1. The summed E-state index contributed by atoms with van der Waals surface area (Å²) >= 11 is 0. The second-order valence-corrected chi connectivity index (χ2v) is 4.00. The first-order valence-corrected chi connectivity index (χ1v) is 5.72. The van der Waals surface area contributed by atoms with E-state index in [0.717, 1.165) is 12.2 Å². The molecule has 0 radical (unpaired) electrons. The van der Waals surface area contributed by atoms with E-state index in [0.29, 0.717) is 0 Å². The highest BCUT2D eigenvalue weighted by atomic mass is 16.1. The summed E-state index contributed by atoms with van der Waals surface area (Å²) in [7, 11) is 2.09. The second kappa shape index (κ2) is 6.16. The van der Waals surface area contributed by atoms with Gasteiger partial charge in [0.2, 0.25) is 5.91 Å². The highest BCUT2D eigenvalue weighted by molar-refractivity contribution is 5.88. The van der Waals surface area contributed by atoms with Crippen molar-refractivity contribution in [2.45, 2.75) is 26.7 Å². The first kappa shape index (κ1) is 12.6. The predicted octanol–water partition coefficient (Wildman–Crippen LogP) is 2.88. The van der Waals surface area contributed by atoms with Crippen LogP contribution >= 0.6 is 0 Å². The minimum Gasteiger partial charge on any atom is -0.375 e. The quantitative estimate of drug-likeness (QED) is 0.827. The second-order valence-electron chi connectivity index (χ2n) is 4.00. The number of benzene rings is 1. The topological polar surface area (TPSA) is 32.3 Å². The molecule has 88 valence electrons. The number of amides is 1. The Morgan fingerprint density at radius 2 is 1.94 bits per heavy atom. The fourth-order valence-corrected chi connectivity index (χ4v) is 1.53. The number of carbonyl (C=O) groups is 1. The van der Waals surface area contributed by atoms with Crippen LogP contribution in [0.15, 0.2) is 24.3 Å². The van der Waals surface area contributed by atoms with E-state index in [-0.39, 0.29) is 5.91 Å². The van der Waals surface area contributed by atoms with Gasteiger partial charge in [0, 0.05) is 31.9 Å². The summed E-state index contributed by atoms with van der Waals surface area (Å²) in [6, 6.07) is 7.92. The average molecular weight is 220 g/mol. The zero-order valence-electron chi connectivity index (χ0n) is 10.3. The van der Waals surface area contributed by atoms with E-state index >= 15 is 0 Å². The van der Waals surface area contributed by atoms with Crippen molar-refractivity contribution in [2.24, 2.45) is 0 Å². The minimum absolute atomic E-state index is 0.0351. The van der Waals surface area contributed by atoms with Gasteiger partial charge in [-0.15, -0.1) is 0 Å². The maximum Gasteiger partial charge on any atom is 0.221 e. The number of anilines is 2. The smallest absolute Gasteiger partial charge is 0.221 e. The Morgan fingerprint density at radius 1 is 1.31 bits per heavy atom. The van der Waals surface area contributed by atoms with Crippen LogP contribution in [0.1, 0.15) is 26.7 Å². The zero-order chi connectivity index (χ0) is 12.0. The van der Waals surface area contributed by atoms with E-state index < -0.39 is 0 Å². The predicted molar refractivity (Wildman–Crippen MR) is 68.9 cm³/mol.